The molecular weight excluding hydrogens is 291 g/mol. The molecule has 0 unspecified atom stereocenters. The first-order valence-electron chi connectivity index (χ1n) is 6.00. The van der Waals surface area contributed by atoms with E-state index in [1.165, 1.54) is 0 Å². The number of nitro groups is 1. The van der Waals surface area contributed by atoms with Gasteiger partial charge in [-0.1, -0.05) is 13.8 Å². The van der Waals surface area contributed by atoms with Crippen molar-refractivity contribution < 1.29 is 22.9 Å². The maximum atomic E-state index is 12.5. The molecule has 9 heteroatoms. The number of nitrogens with zero attached hydrogens (tertiary/aromatic N) is 1. The highest BCUT2D eigenvalue weighted by Crippen LogP contribution is 2.34. The molecular formula is C12H14F3N3O3. The van der Waals surface area contributed by atoms with Gasteiger partial charge in [-0.15, -0.1) is 0 Å². The quantitative estimate of drug-likeness (QED) is 0.647. The summed E-state index contributed by atoms with van der Waals surface area (Å²) in [6.45, 7) is 3.50. The van der Waals surface area contributed by atoms with Gasteiger partial charge < -0.3 is 10.6 Å². The molecule has 0 saturated carbocycles. The van der Waals surface area contributed by atoms with Gasteiger partial charge in [-0.05, 0) is 12.1 Å². The molecule has 0 aliphatic heterocycles. The van der Waals surface area contributed by atoms with Crippen molar-refractivity contribution in [1.29, 1.82) is 0 Å². The van der Waals surface area contributed by atoms with Crippen LogP contribution < -0.4 is 10.6 Å². The van der Waals surface area contributed by atoms with Crippen LogP contribution in [0.4, 0.5) is 24.5 Å². The SMILES string of the molecule is CC(C)NCC(=O)Nc1ccc(C(F)(F)F)cc1[N+](=O)[O-]. The molecule has 0 fully saturated rings. The van der Waals surface area contributed by atoms with Crippen molar-refractivity contribution in [2.45, 2.75) is 26.1 Å². The maximum absolute atomic E-state index is 12.5. The van der Waals surface area contributed by atoms with Crippen LogP contribution in [0.5, 0.6) is 0 Å². The molecule has 1 amide bonds. The van der Waals surface area contributed by atoms with Gasteiger partial charge in [0.25, 0.3) is 5.69 Å². The summed E-state index contributed by atoms with van der Waals surface area (Å²) in [5, 5.41) is 15.8. The van der Waals surface area contributed by atoms with Gasteiger partial charge in [0.15, 0.2) is 0 Å². The Balaban J connectivity index is 2.97. The molecule has 0 atom stereocenters. The molecule has 0 saturated heterocycles. The first-order valence-corrected chi connectivity index (χ1v) is 6.00. The van der Waals surface area contributed by atoms with E-state index in [4.69, 9.17) is 0 Å². The highest BCUT2D eigenvalue weighted by Gasteiger charge is 2.33. The second-order valence-electron chi connectivity index (χ2n) is 4.57. The van der Waals surface area contributed by atoms with E-state index in [0.29, 0.717) is 12.1 Å². The third-order valence-electron chi connectivity index (χ3n) is 2.47. The van der Waals surface area contributed by atoms with Crippen LogP contribution in [0.15, 0.2) is 18.2 Å². The van der Waals surface area contributed by atoms with Crippen LogP contribution in [0.2, 0.25) is 0 Å². The number of carbonyl (C=O) groups excluding carboxylic acids is 1. The summed E-state index contributed by atoms with van der Waals surface area (Å²) in [6, 6.07) is 1.97. The molecule has 0 aromatic heterocycles. The molecule has 0 bridgehead atoms. The van der Waals surface area contributed by atoms with Crippen LogP contribution in [0.3, 0.4) is 0 Å². The van der Waals surface area contributed by atoms with Crippen molar-refractivity contribution in [2.24, 2.45) is 0 Å². The standard InChI is InChI=1S/C12H14F3N3O3/c1-7(2)16-6-11(19)17-9-4-3-8(12(13,14)15)5-10(9)18(20)21/h3-5,7,16H,6H2,1-2H3,(H,17,19). The normalized spacial score (nSPS) is 11.5. The zero-order chi connectivity index (χ0) is 16.2. The number of halogens is 3. The molecule has 6 nitrogen and oxygen atoms in total. The summed E-state index contributed by atoms with van der Waals surface area (Å²) in [7, 11) is 0. The second kappa shape index (κ2) is 6.53. The Kier molecular flexibility index (Phi) is 5.25. The highest BCUT2D eigenvalue weighted by molar-refractivity contribution is 5.94. The topological polar surface area (TPSA) is 84.3 Å². The predicted molar refractivity (Wildman–Crippen MR) is 69.9 cm³/mol. The van der Waals surface area contributed by atoms with Crippen LogP contribution in [-0.4, -0.2) is 23.4 Å². The lowest BCUT2D eigenvalue weighted by Gasteiger charge is -2.11. The number of rotatable bonds is 5. The Labute approximate surface area is 118 Å². The highest BCUT2D eigenvalue weighted by atomic mass is 19.4. The Hall–Kier alpha value is -2.16. The van der Waals surface area contributed by atoms with Gasteiger partial charge in [0.2, 0.25) is 5.91 Å². The molecule has 1 aromatic carbocycles. The summed E-state index contributed by atoms with van der Waals surface area (Å²) in [5.41, 5.74) is -2.22. The fraction of sp³-hybridized carbons (Fsp3) is 0.417. The number of nitrogens with one attached hydrogen (secondary N) is 2. The van der Waals surface area contributed by atoms with Crippen LogP contribution in [0, 0.1) is 10.1 Å². The third kappa shape index (κ3) is 5.03. The lowest BCUT2D eigenvalue weighted by molar-refractivity contribution is -0.384. The van der Waals surface area contributed by atoms with E-state index in [2.05, 4.69) is 10.6 Å². The van der Waals surface area contributed by atoms with Gasteiger partial charge in [-0.3, -0.25) is 14.9 Å². The number of amides is 1. The monoisotopic (exact) mass is 305 g/mol. The number of anilines is 1. The van der Waals surface area contributed by atoms with Crippen LogP contribution in [-0.2, 0) is 11.0 Å². The van der Waals surface area contributed by atoms with Gasteiger partial charge in [-0.2, -0.15) is 13.2 Å². The lowest BCUT2D eigenvalue weighted by atomic mass is 10.1. The average Bonchev–Trinajstić information content (AvgIpc) is 2.35. The molecule has 2 N–H and O–H groups in total. The fourth-order valence-corrected chi connectivity index (χ4v) is 1.46. The smallest absolute Gasteiger partial charge is 0.319 e. The van der Waals surface area contributed by atoms with E-state index in [1.807, 2.05) is 0 Å². The Morgan fingerprint density at radius 2 is 2.00 bits per heavy atom. The Morgan fingerprint density at radius 1 is 1.38 bits per heavy atom. The van der Waals surface area contributed by atoms with Gasteiger partial charge in [0.05, 0.1) is 17.0 Å². The van der Waals surface area contributed by atoms with Gasteiger partial charge in [0, 0.05) is 12.1 Å². The zero-order valence-electron chi connectivity index (χ0n) is 11.3. The van der Waals surface area contributed by atoms with E-state index in [-0.39, 0.29) is 18.3 Å². The molecule has 0 heterocycles. The zero-order valence-corrected chi connectivity index (χ0v) is 11.3. The van der Waals surface area contributed by atoms with Crippen LogP contribution >= 0.6 is 0 Å². The number of hydrogen-bond acceptors (Lipinski definition) is 4. The minimum atomic E-state index is -4.69. The van der Waals surface area contributed by atoms with E-state index >= 15 is 0 Å². The molecule has 0 aliphatic rings. The van der Waals surface area contributed by atoms with Gasteiger partial charge >= 0.3 is 6.18 Å². The minimum absolute atomic E-state index is 0.0262. The maximum Gasteiger partial charge on any atom is 0.416 e. The predicted octanol–water partition coefficient (Wildman–Crippen LogP) is 2.55. The number of nitro benzene ring substituents is 1. The first-order chi connectivity index (χ1) is 9.61. The van der Waals surface area contributed by atoms with E-state index < -0.39 is 28.3 Å². The molecule has 0 radical (unpaired) electrons. The molecule has 1 rings (SSSR count). The van der Waals surface area contributed by atoms with Crippen LogP contribution in [0.25, 0.3) is 0 Å². The summed E-state index contributed by atoms with van der Waals surface area (Å²) in [6.07, 6.45) is -4.69. The van der Waals surface area contributed by atoms with Crippen molar-refractivity contribution in [3.05, 3.63) is 33.9 Å². The van der Waals surface area contributed by atoms with Crippen molar-refractivity contribution in [3.63, 3.8) is 0 Å². The number of hydrogen-bond donors (Lipinski definition) is 2. The van der Waals surface area contributed by atoms with Gasteiger partial charge in [-0.25, -0.2) is 0 Å². The molecule has 21 heavy (non-hydrogen) atoms. The molecule has 1 aromatic rings. The van der Waals surface area contributed by atoms with Gasteiger partial charge in [0.1, 0.15) is 5.69 Å². The molecule has 0 spiro atoms. The summed E-state index contributed by atoms with van der Waals surface area (Å²) in [5.74, 6) is -0.577. The number of carbonyl (C=O) groups is 1. The van der Waals surface area contributed by atoms with Crippen molar-refractivity contribution >= 4 is 17.3 Å². The number of alkyl halides is 3. The Bertz CT molecular complexity index is 544. The Morgan fingerprint density at radius 3 is 2.48 bits per heavy atom. The third-order valence-corrected chi connectivity index (χ3v) is 2.47. The van der Waals surface area contributed by atoms with Crippen molar-refractivity contribution in [1.82, 2.24) is 5.32 Å². The molecule has 116 valence electrons. The summed E-state index contributed by atoms with van der Waals surface area (Å²) in [4.78, 5) is 21.4. The number of benzene rings is 1. The first kappa shape index (κ1) is 16.9. The van der Waals surface area contributed by atoms with E-state index in [0.717, 1.165) is 6.07 Å². The van der Waals surface area contributed by atoms with E-state index in [1.54, 1.807) is 13.8 Å². The largest absolute Gasteiger partial charge is 0.416 e. The summed E-state index contributed by atoms with van der Waals surface area (Å²) >= 11 is 0. The van der Waals surface area contributed by atoms with Crippen LogP contribution in [0.1, 0.15) is 19.4 Å². The lowest BCUT2D eigenvalue weighted by Crippen LogP contribution is -2.32. The minimum Gasteiger partial charge on any atom is -0.319 e. The van der Waals surface area contributed by atoms with Crippen molar-refractivity contribution in [2.75, 3.05) is 11.9 Å². The average molecular weight is 305 g/mol. The fourth-order valence-electron chi connectivity index (χ4n) is 1.46. The second-order valence-corrected chi connectivity index (χ2v) is 4.57. The van der Waals surface area contributed by atoms with Crippen molar-refractivity contribution in [3.8, 4) is 0 Å². The van der Waals surface area contributed by atoms with E-state index in [9.17, 15) is 28.1 Å². The molecule has 0 aliphatic carbocycles. The summed E-state index contributed by atoms with van der Waals surface area (Å²) < 4.78 is 37.5.